The van der Waals surface area contributed by atoms with E-state index in [0.29, 0.717) is 0 Å². The molecule has 25 heavy (non-hydrogen) atoms. The van der Waals surface area contributed by atoms with Gasteiger partial charge in [-0.15, -0.1) is 0 Å². The molecule has 2 aliphatic rings. The molecule has 5 nitrogen and oxygen atoms in total. The second-order valence-electron chi connectivity index (χ2n) is 7.38. The van der Waals surface area contributed by atoms with Gasteiger partial charge in [-0.05, 0) is 38.7 Å². The van der Waals surface area contributed by atoms with E-state index in [1.54, 1.807) is 6.33 Å². The topological polar surface area (TPSA) is 51.1 Å². The first-order valence-corrected chi connectivity index (χ1v) is 9.33. The molecule has 0 aromatic carbocycles. The van der Waals surface area contributed by atoms with Gasteiger partial charge in [0.05, 0.1) is 5.69 Å². The number of aryl methyl sites for hydroxylation is 1. The number of fused-ring (bicyclic) bond motifs is 1. The van der Waals surface area contributed by atoms with Crippen LogP contribution in [0.25, 0.3) is 0 Å². The monoisotopic (exact) mass is 338 g/mol. The summed E-state index contributed by atoms with van der Waals surface area (Å²) < 4.78 is 6.21. The van der Waals surface area contributed by atoms with Crippen molar-refractivity contribution in [2.24, 2.45) is 5.92 Å². The Kier molecular flexibility index (Phi) is 4.66. The maximum absolute atomic E-state index is 6.21. The predicted octanol–water partition coefficient (Wildman–Crippen LogP) is 3.48. The molecule has 0 bridgehead atoms. The van der Waals surface area contributed by atoms with Gasteiger partial charge in [0.25, 0.3) is 0 Å². The van der Waals surface area contributed by atoms with E-state index in [9.17, 15) is 0 Å². The van der Waals surface area contributed by atoms with Gasteiger partial charge in [-0.1, -0.05) is 12.5 Å². The van der Waals surface area contributed by atoms with E-state index >= 15 is 0 Å². The van der Waals surface area contributed by atoms with Crippen molar-refractivity contribution in [1.29, 1.82) is 0 Å². The highest BCUT2D eigenvalue weighted by Crippen LogP contribution is 2.31. The second-order valence-corrected chi connectivity index (χ2v) is 7.38. The number of hydrogen-bond donors (Lipinski definition) is 0. The second kappa shape index (κ2) is 7.08. The lowest BCUT2D eigenvalue weighted by Crippen LogP contribution is -2.37. The van der Waals surface area contributed by atoms with Crippen molar-refractivity contribution in [3.63, 3.8) is 0 Å². The van der Waals surface area contributed by atoms with Crippen LogP contribution in [0.3, 0.4) is 0 Å². The lowest BCUT2D eigenvalue weighted by Gasteiger charge is -2.35. The predicted molar refractivity (Wildman–Crippen MR) is 96.4 cm³/mol. The summed E-state index contributed by atoms with van der Waals surface area (Å²) in [6.07, 6.45) is 8.60. The fraction of sp³-hybridized carbons (Fsp3) is 0.550. The number of nitrogens with zero attached hydrogens (tertiary/aromatic N) is 4. The van der Waals surface area contributed by atoms with Crippen molar-refractivity contribution in [3.05, 3.63) is 47.2 Å². The van der Waals surface area contributed by atoms with Crippen LogP contribution in [0.2, 0.25) is 0 Å². The highest BCUT2D eigenvalue weighted by atomic mass is 16.5. The lowest BCUT2D eigenvalue weighted by atomic mass is 9.84. The first kappa shape index (κ1) is 16.5. The summed E-state index contributed by atoms with van der Waals surface area (Å²) in [5.74, 6) is 1.62. The maximum atomic E-state index is 6.21. The van der Waals surface area contributed by atoms with Gasteiger partial charge in [0.2, 0.25) is 5.88 Å². The Bertz CT molecular complexity index is 727. The van der Waals surface area contributed by atoms with Crippen LogP contribution in [-0.4, -0.2) is 32.9 Å². The highest BCUT2D eigenvalue weighted by molar-refractivity contribution is 5.32. The van der Waals surface area contributed by atoms with Crippen LogP contribution in [0, 0.1) is 12.8 Å². The molecule has 132 valence electrons. The average Bonchev–Trinajstić information content (AvgIpc) is 2.59. The van der Waals surface area contributed by atoms with Gasteiger partial charge < -0.3 is 4.74 Å². The third kappa shape index (κ3) is 3.66. The Morgan fingerprint density at radius 1 is 1.24 bits per heavy atom. The molecule has 0 radical (unpaired) electrons. The summed E-state index contributed by atoms with van der Waals surface area (Å²) >= 11 is 0. The zero-order chi connectivity index (χ0) is 17.2. The summed E-state index contributed by atoms with van der Waals surface area (Å²) in [5.41, 5.74) is 4.39. The minimum atomic E-state index is -0.0749. The van der Waals surface area contributed by atoms with Gasteiger partial charge >= 0.3 is 0 Å². The summed E-state index contributed by atoms with van der Waals surface area (Å²) in [4.78, 5) is 15.8. The van der Waals surface area contributed by atoms with E-state index in [2.05, 4.69) is 32.8 Å². The lowest BCUT2D eigenvalue weighted by molar-refractivity contribution is 0.156. The molecular formula is C20H26N4O. The van der Waals surface area contributed by atoms with Gasteiger partial charge in [-0.25, -0.2) is 9.97 Å². The molecule has 5 heteroatoms. The van der Waals surface area contributed by atoms with Crippen molar-refractivity contribution in [2.45, 2.75) is 52.2 Å². The van der Waals surface area contributed by atoms with Crippen molar-refractivity contribution >= 4 is 0 Å². The smallest absolute Gasteiger partial charge is 0.221 e. The fourth-order valence-electron chi connectivity index (χ4n) is 3.62. The molecule has 1 aliphatic heterocycles. The van der Waals surface area contributed by atoms with E-state index in [1.165, 1.54) is 31.4 Å². The van der Waals surface area contributed by atoms with Crippen molar-refractivity contribution in [2.75, 3.05) is 13.1 Å². The summed E-state index contributed by atoms with van der Waals surface area (Å²) in [6, 6.07) is 4.09. The van der Waals surface area contributed by atoms with Crippen molar-refractivity contribution in [1.82, 2.24) is 19.9 Å². The largest absolute Gasteiger partial charge is 0.469 e. The SMILES string of the molecule is Cc1ccc(C(C)Oc2ncnc3c2CN(CC2CCC2)CC3)cn1. The van der Waals surface area contributed by atoms with Gasteiger partial charge in [0.15, 0.2) is 0 Å². The summed E-state index contributed by atoms with van der Waals surface area (Å²) in [6.45, 7) is 7.24. The maximum Gasteiger partial charge on any atom is 0.221 e. The normalized spacial score (nSPS) is 19.1. The molecule has 0 N–H and O–H groups in total. The van der Waals surface area contributed by atoms with E-state index in [4.69, 9.17) is 4.74 Å². The molecular weight excluding hydrogens is 312 g/mol. The first-order chi connectivity index (χ1) is 12.2. The van der Waals surface area contributed by atoms with Gasteiger partial charge in [0.1, 0.15) is 12.4 Å². The number of rotatable bonds is 5. The summed E-state index contributed by atoms with van der Waals surface area (Å²) in [5, 5.41) is 0. The number of aromatic nitrogens is 3. The number of pyridine rings is 1. The molecule has 1 aliphatic carbocycles. The Hall–Kier alpha value is -2.01. The molecule has 0 amide bonds. The molecule has 1 unspecified atom stereocenters. The van der Waals surface area contributed by atoms with Crippen LogP contribution in [0.1, 0.15) is 54.8 Å². The molecule has 2 aromatic heterocycles. The molecule has 1 fully saturated rings. The standard InChI is InChI=1S/C20H26N4O/c1-14-6-7-17(10-21-14)15(2)25-20-18-12-24(11-16-4-3-5-16)9-8-19(18)22-13-23-20/h6-7,10,13,15-16H,3-5,8-9,11-12H2,1-2H3. The third-order valence-corrected chi connectivity index (χ3v) is 5.47. The van der Waals surface area contributed by atoms with Crippen LogP contribution in [0.4, 0.5) is 0 Å². The van der Waals surface area contributed by atoms with E-state index in [0.717, 1.165) is 48.3 Å². The van der Waals surface area contributed by atoms with E-state index < -0.39 is 0 Å². The molecule has 4 rings (SSSR count). The van der Waals surface area contributed by atoms with Crippen LogP contribution in [0.15, 0.2) is 24.7 Å². The molecule has 0 spiro atoms. The molecule has 1 atom stereocenters. The van der Waals surface area contributed by atoms with Gasteiger partial charge in [0, 0.05) is 49.1 Å². The van der Waals surface area contributed by atoms with Crippen LogP contribution in [-0.2, 0) is 13.0 Å². The third-order valence-electron chi connectivity index (χ3n) is 5.47. The Morgan fingerprint density at radius 2 is 2.12 bits per heavy atom. The number of hydrogen-bond acceptors (Lipinski definition) is 5. The molecule has 2 aromatic rings. The minimum Gasteiger partial charge on any atom is -0.469 e. The average molecular weight is 338 g/mol. The molecule has 0 saturated heterocycles. The Balaban J connectivity index is 1.49. The zero-order valence-corrected chi connectivity index (χ0v) is 15.1. The first-order valence-electron chi connectivity index (χ1n) is 9.33. The Morgan fingerprint density at radius 3 is 2.84 bits per heavy atom. The van der Waals surface area contributed by atoms with Crippen LogP contribution >= 0.6 is 0 Å². The van der Waals surface area contributed by atoms with E-state index in [-0.39, 0.29) is 6.10 Å². The molecule has 3 heterocycles. The van der Waals surface area contributed by atoms with Crippen molar-refractivity contribution in [3.8, 4) is 5.88 Å². The highest BCUT2D eigenvalue weighted by Gasteiger charge is 2.26. The molecule has 1 saturated carbocycles. The van der Waals surface area contributed by atoms with Crippen LogP contribution in [0.5, 0.6) is 5.88 Å². The fourth-order valence-corrected chi connectivity index (χ4v) is 3.62. The minimum absolute atomic E-state index is 0.0749. The quantitative estimate of drug-likeness (QED) is 0.835. The van der Waals surface area contributed by atoms with Crippen LogP contribution < -0.4 is 4.74 Å². The zero-order valence-electron chi connectivity index (χ0n) is 15.1. The van der Waals surface area contributed by atoms with Gasteiger partial charge in [-0.2, -0.15) is 0 Å². The van der Waals surface area contributed by atoms with Gasteiger partial charge in [-0.3, -0.25) is 9.88 Å². The van der Waals surface area contributed by atoms with Crippen molar-refractivity contribution < 1.29 is 4.74 Å². The van der Waals surface area contributed by atoms with E-state index in [1.807, 2.05) is 19.2 Å². The number of ether oxygens (including phenoxy) is 1. The summed E-state index contributed by atoms with van der Waals surface area (Å²) in [7, 11) is 0. The Labute approximate surface area is 149 Å².